The number of para-hydroxylation sites is 4. The average Bonchev–Trinajstić information content (AvgIpc) is 2.91. The lowest BCUT2D eigenvalue weighted by molar-refractivity contribution is -0.116. The third-order valence-corrected chi connectivity index (χ3v) is 5.71. The predicted molar refractivity (Wildman–Crippen MR) is 152 cm³/mol. The molecular formula is C30H35ClN2O6. The number of hydrogen-bond acceptors (Lipinski definition) is 6. The smallest absolute Gasteiger partial charge is 0.407 e. The van der Waals surface area contributed by atoms with Gasteiger partial charge < -0.3 is 29.5 Å². The fraction of sp³-hybridized carbons (Fsp3) is 0.333. The molecule has 0 saturated heterocycles. The zero-order chi connectivity index (χ0) is 28.3. The fourth-order valence-electron chi connectivity index (χ4n) is 3.74. The highest BCUT2D eigenvalue weighted by molar-refractivity contribution is 6.29. The Bertz CT molecular complexity index is 1220. The zero-order valence-electron chi connectivity index (χ0n) is 22.4. The number of amides is 2. The van der Waals surface area contributed by atoms with Crippen molar-refractivity contribution in [3.8, 4) is 17.2 Å². The fourth-order valence-corrected chi connectivity index (χ4v) is 3.88. The molecule has 3 aromatic carbocycles. The molecule has 0 aliphatic heterocycles. The Morgan fingerprint density at radius 2 is 1.54 bits per heavy atom. The summed E-state index contributed by atoms with van der Waals surface area (Å²) in [5.41, 5.74) is 0.768. The van der Waals surface area contributed by atoms with Gasteiger partial charge in [-0.2, -0.15) is 0 Å². The van der Waals surface area contributed by atoms with Crippen LogP contribution < -0.4 is 19.7 Å². The van der Waals surface area contributed by atoms with E-state index >= 15 is 0 Å². The predicted octanol–water partition coefficient (Wildman–Crippen LogP) is 5.91. The number of carbonyl (C=O) groups excluding carboxylic acids is 2. The molecular weight excluding hydrogens is 520 g/mol. The number of aliphatic hydroxyl groups excluding tert-OH is 1. The Labute approximate surface area is 234 Å². The number of nitrogens with zero attached hydrogens (tertiary/aromatic N) is 1. The number of benzene rings is 3. The highest BCUT2D eigenvalue weighted by Gasteiger charge is 2.26. The molecule has 0 saturated carbocycles. The average molecular weight is 555 g/mol. The first-order valence-corrected chi connectivity index (χ1v) is 13.2. The van der Waals surface area contributed by atoms with E-state index in [-0.39, 0.29) is 25.5 Å². The SMILES string of the molecule is CC(C)(C)OC(=O)NC(CCO)CN(C(=O)CCl)c1ccccc1Oc1ccccc1OCc1ccccc1. The molecule has 3 aromatic rings. The summed E-state index contributed by atoms with van der Waals surface area (Å²) in [7, 11) is 0. The van der Waals surface area contributed by atoms with E-state index in [2.05, 4.69) is 5.32 Å². The first kappa shape index (κ1) is 29.8. The molecule has 0 aliphatic carbocycles. The lowest BCUT2D eigenvalue weighted by atomic mass is 10.1. The second kappa shape index (κ2) is 14.4. The maximum atomic E-state index is 13.0. The minimum absolute atomic E-state index is 0.0396. The van der Waals surface area contributed by atoms with Gasteiger partial charge >= 0.3 is 6.09 Å². The van der Waals surface area contributed by atoms with E-state index in [0.29, 0.717) is 29.5 Å². The second-order valence-electron chi connectivity index (χ2n) is 9.78. The van der Waals surface area contributed by atoms with Crippen molar-refractivity contribution in [2.24, 2.45) is 0 Å². The van der Waals surface area contributed by atoms with E-state index in [0.717, 1.165) is 5.56 Å². The van der Waals surface area contributed by atoms with Gasteiger partial charge in [0.25, 0.3) is 0 Å². The molecule has 2 amide bonds. The molecule has 39 heavy (non-hydrogen) atoms. The summed E-state index contributed by atoms with van der Waals surface area (Å²) in [4.78, 5) is 26.9. The number of nitrogens with one attached hydrogen (secondary N) is 1. The lowest BCUT2D eigenvalue weighted by Gasteiger charge is -2.30. The summed E-state index contributed by atoms with van der Waals surface area (Å²) in [6.45, 7) is 5.47. The Morgan fingerprint density at radius 3 is 2.18 bits per heavy atom. The normalized spacial score (nSPS) is 11.8. The van der Waals surface area contributed by atoms with Crippen LogP contribution >= 0.6 is 11.6 Å². The molecule has 208 valence electrons. The van der Waals surface area contributed by atoms with Gasteiger partial charge in [0.1, 0.15) is 18.1 Å². The first-order valence-electron chi connectivity index (χ1n) is 12.7. The van der Waals surface area contributed by atoms with Crippen molar-refractivity contribution in [3.05, 3.63) is 84.4 Å². The van der Waals surface area contributed by atoms with Crippen molar-refractivity contribution < 1.29 is 28.9 Å². The highest BCUT2D eigenvalue weighted by atomic mass is 35.5. The van der Waals surface area contributed by atoms with Gasteiger partial charge in [-0.15, -0.1) is 11.6 Å². The number of alkyl carbamates (subject to hydrolysis) is 1. The maximum Gasteiger partial charge on any atom is 0.407 e. The second-order valence-corrected chi connectivity index (χ2v) is 10.1. The summed E-state index contributed by atoms with van der Waals surface area (Å²) in [6.07, 6.45) is -0.446. The number of ether oxygens (including phenoxy) is 3. The quantitative estimate of drug-likeness (QED) is 0.270. The van der Waals surface area contributed by atoms with Crippen molar-refractivity contribution in [3.63, 3.8) is 0 Å². The molecule has 0 fully saturated rings. The zero-order valence-corrected chi connectivity index (χ0v) is 23.2. The summed E-state index contributed by atoms with van der Waals surface area (Å²) < 4.78 is 17.7. The van der Waals surface area contributed by atoms with Crippen molar-refractivity contribution in [2.45, 2.75) is 45.4 Å². The third kappa shape index (κ3) is 9.50. The van der Waals surface area contributed by atoms with E-state index < -0.39 is 23.6 Å². The van der Waals surface area contributed by atoms with E-state index in [1.54, 1.807) is 51.1 Å². The summed E-state index contributed by atoms with van der Waals surface area (Å²) in [5.74, 6) is 0.722. The van der Waals surface area contributed by atoms with Crippen molar-refractivity contribution in [2.75, 3.05) is 23.9 Å². The van der Waals surface area contributed by atoms with Crippen molar-refractivity contribution in [1.82, 2.24) is 5.32 Å². The molecule has 8 nitrogen and oxygen atoms in total. The van der Waals surface area contributed by atoms with Crippen LogP contribution in [0.3, 0.4) is 0 Å². The molecule has 0 spiro atoms. The van der Waals surface area contributed by atoms with Gasteiger partial charge in [-0.05, 0) is 57.0 Å². The third-order valence-electron chi connectivity index (χ3n) is 5.48. The van der Waals surface area contributed by atoms with Crippen LogP contribution in [-0.2, 0) is 16.1 Å². The van der Waals surface area contributed by atoms with Crippen molar-refractivity contribution in [1.29, 1.82) is 0 Å². The van der Waals surface area contributed by atoms with Gasteiger partial charge in [0.2, 0.25) is 5.91 Å². The number of halogens is 1. The number of rotatable bonds is 12. The van der Waals surface area contributed by atoms with E-state index in [9.17, 15) is 14.7 Å². The minimum Gasteiger partial charge on any atom is -0.485 e. The standard InChI is InChI=1S/C30H35ClN2O6/c1-30(2,3)39-29(36)32-23(17-18-34)20-33(28(35)19-31)24-13-7-8-14-25(24)38-27-16-10-9-15-26(27)37-21-22-11-5-4-6-12-22/h4-16,23,34H,17-21H2,1-3H3,(H,32,36). The molecule has 0 radical (unpaired) electrons. The van der Waals surface area contributed by atoms with Gasteiger partial charge in [0.15, 0.2) is 17.2 Å². The molecule has 2 N–H and O–H groups in total. The summed E-state index contributed by atoms with van der Waals surface area (Å²) in [6, 6.07) is 23.5. The van der Waals surface area contributed by atoms with Gasteiger partial charge in [0, 0.05) is 13.2 Å². The van der Waals surface area contributed by atoms with Crippen LogP contribution in [0.5, 0.6) is 17.2 Å². The Balaban J connectivity index is 1.85. The number of hydrogen-bond donors (Lipinski definition) is 2. The Hall–Kier alpha value is -3.75. The largest absolute Gasteiger partial charge is 0.485 e. The molecule has 0 aromatic heterocycles. The van der Waals surface area contributed by atoms with E-state index in [4.69, 9.17) is 25.8 Å². The lowest BCUT2D eigenvalue weighted by Crippen LogP contribution is -2.48. The highest BCUT2D eigenvalue weighted by Crippen LogP contribution is 2.37. The van der Waals surface area contributed by atoms with Crippen LogP contribution in [-0.4, -0.2) is 47.8 Å². The maximum absolute atomic E-state index is 13.0. The topological polar surface area (TPSA) is 97.3 Å². The molecule has 0 bridgehead atoms. The van der Waals surface area contributed by atoms with E-state index in [1.165, 1.54) is 4.90 Å². The monoisotopic (exact) mass is 554 g/mol. The van der Waals surface area contributed by atoms with Crippen LogP contribution in [0, 0.1) is 0 Å². The van der Waals surface area contributed by atoms with E-state index in [1.807, 2.05) is 48.5 Å². The number of carbonyl (C=O) groups is 2. The number of aliphatic hydroxyl groups is 1. The summed E-state index contributed by atoms with van der Waals surface area (Å²) >= 11 is 5.97. The first-order chi connectivity index (χ1) is 18.7. The van der Waals surface area contributed by atoms with Crippen LogP contribution in [0.1, 0.15) is 32.8 Å². The van der Waals surface area contributed by atoms with Gasteiger partial charge in [-0.1, -0.05) is 54.6 Å². The van der Waals surface area contributed by atoms with Crippen LogP contribution in [0.2, 0.25) is 0 Å². The minimum atomic E-state index is -0.699. The van der Waals surface area contributed by atoms with Crippen molar-refractivity contribution >= 4 is 29.3 Å². The molecule has 3 rings (SSSR count). The number of anilines is 1. The van der Waals surface area contributed by atoms with Crippen LogP contribution in [0.4, 0.5) is 10.5 Å². The van der Waals surface area contributed by atoms with Gasteiger partial charge in [-0.3, -0.25) is 4.79 Å². The van der Waals surface area contributed by atoms with Gasteiger partial charge in [0.05, 0.1) is 11.7 Å². The Kier molecular flexibility index (Phi) is 11.0. The Morgan fingerprint density at radius 1 is 0.923 bits per heavy atom. The number of alkyl halides is 1. The molecule has 0 aliphatic rings. The van der Waals surface area contributed by atoms with Crippen LogP contribution in [0.15, 0.2) is 78.9 Å². The molecule has 9 heteroatoms. The molecule has 1 atom stereocenters. The molecule has 1 unspecified atom stereocenters. The van der Waals surface area contributed by atoms with Crippen LogP contribution in [0.25, 0.3) is 0 Å². The van der Waals surface area contributed by atoms with Gasteiger partial charge in [-0.25, -0.2) is 4.79 Å². The molecule has 0 heterocycles. The summed E-state index contributed by atoms with van der Waals surface area (Å²) in [5, 5.41) is 12.4.